The van der Waals surface area contributed by atoms with Crippen LogP contribution in [0.2, 0.25) is 0 Å². The van der Waals surface area contributed by atoms with Crippen molar-refractivity contribution in [3.8, 4) is 5.75 Å². The molecule has 1 unspecified atom stereocenters. The molecule has 2 aromatic rings. The molecule has 2 N–H and O–H groups in total. The molecule has 2 heterocycles. The first kappa shape index (κ1) is 20.3. The van der Waals surface area contributed by atoms with Gasteiger partial charge in [-0.05, 0) is 35.9 Å². The van der Waals surface area contributed by atoms with Crippen molar-refractivity contribution in [1.82, 2.24) is 15.6 Å². The van der Waals surface area contributed by atoms with Crippen LogP contribution in [0.4, 0.5) is 5.69 Å². The number of pyridine rings is 1. The van der Waals surface area contributed by atoms with E-state index in [0.717, 1.165) is 11.3 Å². The van der Waals surface area contributed by atoms with E-state index in [-0.39, 0.29) is 37.1 Å². The van der Waals surface area contributed by atoms with E-state index < -0.39 is 5.92 Å². The van der Waals surface area contributed by atoms with E-state index in [4.69, 9.17) is 4.74 Å². The van der Waals surface area contributed by atoms with Crippen LogP contribution in [0, 0.1) is 5.92 Å². The molecule has 3 rings (SSSR count). The number of aromatic nitrogens is 1. The lowest BCUT2D eigenvalue weighted by molar-refractivity contribution is -0.126. The van der Waals surface area contributed by atoms with E-state index in [1.165, 1.54) is 0 Å². The Labute approximate surface area is 169 Å². The van der Waals surface area contributed by atoms with Gasteiger partial charge in [-0.25, -0.2) is 0 Å². The third-order valence-corrected chi connectivity index (χ3v) is 4.74. The molecule has 0 radical (unpaired) electrons. The van der Waals surface area contributed by atoms with Crippen LogP contribution in [0.25, 0.3) is 0 Å². The van der Waals surface area contributed by atoms with Crippen molar-refractivity contribution in [2.45, 2.75) is 19.4 Å². The summed E-state index contributed by atoms with van der Waals surface area (Å²) >= 11 is 0. The molecule has 29 heavy (non-hydrogen) atoms. The Morgan fingerprint density at radius 1 is 1.21 bits per heavy atom. The van der Waals surface area contributed by atoms with Crippen LogP contribution in [0.3, 0.4) is 0 Å². The number of ether oxygens (including phenoxy) is 1. The van der Waals surface area contributed by atoms with Crippen molar-refractivity contribution in [1.29, 1.82) is 0 Å². The van der Waals surface area contributed by atoms with E-state index in [1.54, 1.807) is 54.7 Å². The van der Waals surface area contributed by atoms with E-state index in [2.05, 4.69) is 15.6 Å². The van der Waals surface area contributed by atoms with Crippen LogP contribution in [0.5, 0.6) is 5.75 Å². The lowest BCUT2D eigenvalue weighted by Gasteiger charge is -2.17. The lowest BCUT2D eigenvalue weighted by Crippen LogP contribution is -2.35. The number of amides is 3. The van der Waals surface area contributed by atoms with E-state index in [9.17, 15) is 14.4 Å². The summed E-state index contributed by atoms with van der Waals surface area (Å²) in [6, 6.07) is 10.8. The molecule has 1 aromatic heterocycles. The maximum absolute atomic E-state index is 12.4. The second-order valence-corrected chi connectivity index (χ2v) is 6.78. The largest absolute Gasteiger partial charge is 0.497 e. The van der Waals surface area contributed by atoms with Crippen LogP contribution in [-0.4, -0.2) is 42.9 Å². The zero-order chi connectivity index (χ0) is 20.6. The van der Waals surface area contributed by atoms with Gasteiger partial charge in [0.05, 0.1) is 13.0 Å². The number of benzene rings is 1. The van der Waals surface area contributed by atoms with Gasteiger partial charge in [0.2, 0.25) is 17.7 Å². The maximum Gasteiger partial charge on any atom is 0.227 e. The number of hydrogen-bond acceptors (Lipinski definition) is 5. The fraction of sp³-hybridized carbons (Fsp3) is 0.333. The van der Waals surface area contributed by atoms with Gasteiger partial charge in [0.1, 0.15) is 5.75 Å². The first-order valence-electron chi connectivity index (χ1n) is 9.44. The van der Waals surface area contributed by atoms with Crippen LogP contribution < -0.4 is 20.3 Å². The highest BCUT2D eigenvalue weighted by Gasteiger charge is 2.35. The van der Waals surface area contributed by atoms with Gasteiger partial charge in [0.25, 0.3) is 0 Å². The number of nitrogens with zero attached hydrogens (tertiary/aromatic N) is 2. The van der Waals surface area contributed by atoms with Gasteiger partial charge in [-0.2, -0.15) is 0 Å². The first-order valence-corrected chi connectivity index (χ1v) is 9.44. The van der Waals surface area contributed by atoms with Gasteiger partial charge in [-0.1, -0.05) is 6.07 Å². The molecule has 1 fully saturated rings. The van der Waals surface area contributed by atoms with E-state index >= 15 is 0 Å². The van der Waals surface area contributed by atoms with Gasteiger partial charge in [0.15, 0.2) is 0 Å². The molecule has 0 bridgehead atoms. The molecule has 1 saturated heterocycles. The molecule has 0 aliphatic carbocycles. The molecule has 1 aliphatic rings. The second-order valence-electron chi connectivity index (χ2n) is 6.78. The van der Waals surface area contributed by atoms with Gasteiger partial charge in [0, 0.05) is 50.6 Å². The predicted molar refractivity (Wildman–Crippen MR) is 107 cm³/mol. The predicted octanol–water partition coefficient (Wildman–Crippen LogP) is 1.27. The Morgan fingerprint density at radius 2 is 2.00 bits per heavy atom. The summed E-state index contributed by atoms with van der Waals surface area (Å²) < 4.78 is 5.12. The Balaban J connectivity index is 1.41. The van der Waals surface area contributed by atoms with Gasteiger partial charge in [-0.3, -0.25) is 19.4 Å². The van der Waals surface area contributed by atoms with Gasteiger partial charge >= 0.3 is 0 Å². The van der Waals surface area contributed by atoms with Crippen molar-refractivity contribution < 1.29 is 19.1 Å². The summed E-state index contributed by atoms with van der Waals surface area (Å²) in [4.78, 5) is 42.2. The number of nitrogens with one attached hydrogen (secondary N) is 2. The molecular weight excluding hydrogens is 372 g/mol. The monoisotopic (exact) mass is 396 g/mol. The Kier molecular flexibility index (Phi) is 6.78. The number of carbonyl (C=O) groups is 3. The summed E-state index contributed by atoms with van der Waals surface area (Å²) in [5.74, 6) is -0.185. The highest BCUT2D eigenvalue weighted by molar-refractivity contribution is 6.00. The highest BCUT2D eigenvalue weighted by atomic mass is 16.5. The standard InChI is InChI=1S/C21H24N4O4/c1-29-18-6-4-17(5-7-18)25-14-16(11-20(25)27)21(28)23-10-8-19(26)24-13-15-3-2-9-22-12-15/h2-7,9,12,16H,8,10-11,13-14H2,1H3,(H,23,28)(H,24,26). The SMILES string of the molecule is COc1ccc(N2CC(C(=O)NCCC(=O)NCc3cccnc3)CC2=O)cc1. The van der Waals surface area contributed by atoms with Crippen molar-refractivity contribution >= 4 is 23.4 Å². The molecule has 1 aromatic carbocycles. The van der Waals surface area contributed by atoms with Crippen LogP contribution >= 0.6 is 0 Å². The van der Waals surface area contributed by atoms with E-state index in [0.29, 0.717) is 18.8 Å². The molecule has 8 nitrogen and oxygen atoms in total. The number of carbonyl (C=O) groups excluding carboxylic acids is 3. The number of rotatable bonds is 8. The summed E-state index contributed by atoms with van der Waals surface area (Å²) in [5, 5.41) is 5.54. The first-order chi connectivity index (χ1) is 14.1. The van der Waals surface area contributed by atoms with Crippen molar-refractivity contribution in [3.05, 3.63) is 54.4 Å². The average molecular weight is 396 g/mol. The number of hydrogen-bond donors (Lipinski definition) is 2. The lowest BCUT2D eigenvalue weighted by atomic mass is 10.1. The minimum atomic E-state index is -0.428. The van der Waals surface area contributed by atoms with Crippen LogP contribution in [0.15, 0.2) is 48.8 Å². The fourth-order valence-corrected chi connectivity index (χ4v) is 3.13. The summed E-state index contributed by atoms with van der Waals surface area (Å²) in [7, 11) is 1.58. The molecule has 0 spiro atoms. The Bertz CT molecular complexity index is 855. The molecule has 8 heteroatoms. The summed E-state index contributed by atoms with van der Waals surface area (Å²) in [5.41, 5.74) is 1.65. The molecule has 152 valence electrons. The highest BCUT2D eigenvalue weighted by Crippen LogP contribution is 2.26. The average Bonchev–Trinajstić information content (AvgIpc) is 3.15. The van der Waals surface area contributed by atoms with Crippen molar-refractivity contribution in [2.24, 2.45) is 5.92 Å². The Morgan fingerprint density at radius 3 is 2.69 bits per heavy atom. The minimum Gasteiger partial charge on any atom is -0.497 e. The van der Waals surface area contributed by atoms with Crippen LogP contribution in [-0.2, 0) is 20.9 Å². The maximum atomic E-state index is 12.4. The topological polar surface area (TPSA) is 101 Å². The van der Waals surface area contributed by atoms with Crippen molar-refractivity contribution in [2.75, 3.05) is 25.1 Å². The normalized spacial score (nSPS) is 15.8. The smallest absolute Gasteiger partial charge is 0.227 e. The zero-order valence-electron chi connectivity index (χ0n) is 16.3. The third kappa shape index (κ3) is 5.54. The number of anilines is 1. The minimum absolute atomic E-state index is 0.0930. The molecule has 3 amide bonds. The Hall–Kier alpha value is -3.42. The summed E-state index contributed by atoms with van der Waals surface area (Å²) in [6.07, 6.45) is 3.69. The summed E-state index contributed by atoms with van der Waals surface area (Å²) in [6.45, 7) is 0.948. The quantitative estimate of drug-likeness (QED) is 0.700. The number of methoxy groups -OCH3 is 1. The molecular formula is C21H24N4O4. The van der Waals surface area contributed by atoms with Gasteiger partial charge in [-0.15, -0.1) is 0 Å². The fourth-order valence-electron chi connectivity index (χ4n) is 3.13. The van der Waals surface area contributed by atoms with Crippen molar-refractivity contribution in [3.63, 3.8) is 0 Å². The van der Waals surface area contributed by atoms with Crippen LogP contribution in [0.1, 0.15) is 18.4 Å². The second kappa shape index (κ2) is 9.68. The zero-order valence-corrected chi connectivity index (χ0v) is 16.3. The third-order valence-electron chi connectivity index (χ3n) is 4.74. The molecule has 1 atom stereocenters. The van der Waals surface area contributed by atoms with Gasteiger partial charge < -0.3 is 20.3 Å². The molecule has 0 saturated carbocycles. The molecule has 1 aliphatic heterocycles. The van der Waals surface area contributed by atoms with E-state index in [1.807, 2.05) is 6.07 Å².